The fraction of sp³-hybridized carbons (Fsp3) is 0.238. The maximum Gasteiger partial charge on any atom is 0.257 e. The van der Waals surface area contributed by atoms with Crippen LogP contribution in [0.3, 0.4) is 0 Å². The van der Waals surface area contributed by atoms with E-state index >= 15 is 0 Å². The molecule has 1 heterocycles. The zero-order valence-corrected chi connectivity index (χ0v) is 18.3. The Morgan fingerprint density at radius 1 is 1.20 bits per heavy atom. The summed E-state index contributed by atoms with van der Waals surface area (Å²) in [5.41, 5.74) is -0.305. The Kier molecular flexibility index (Phi) is 6.70. The molecule has 0 aliphatic rings. The second-order valence-electron chi connectivity index (χ2n) is 6.84. The van der Waals surface area contributed by atoms with E-state index in [0.29, 0.717) is 22.0 Å². The minimum Gasteiger partial charge on any atom is -0.348 e. The van der Waals surface area contributed by atoms with E-state index in [1.54, 1.807) is 12.1 Å². The molecule has 0 radical (unpaired) electrons. The molecule has 0 spiro atoms. The molecule has 0 bridgehead atoms. The molecule has 3 aromatic rings. The van der Waals surface area contributed by atoms with E-state index < -0.39 is 28.0 Å². The summed E-state index contributed by atoms with van der Waals surface area (Å²) in [6, 6.07) is 5.36. The van der Waals surface area contributed by atoms with Crippen molar-refractivity contribution in [2.24, 2.45) is 0 Å². The molecule has 3 rings (SSSR count). The predicted molar refractivity (Wildman–Crippen MR) is 116 cm³/mol. The van der Waals surface area contributed by atoms with Crippen LogP contribution in [0.2, 0.25) is 15.1 Å². The topological polar surface area (TPSA) is 51.1 Å². The van der Waals surface area contributed by atoms with Crippen LogP contribution in [0.15, 0.2) is 35.3 Å². The van der Waals surface area contributed by atoms with Crippen molar-refractivity contribution < 1.29 is 13.6 Å². The highest BCUT2D eigenvalue weighted by Crippen LogP contribution is 2.30. The summed E-state index contributed by atoms with van der Waals surface area (Å²) < 4.78 is 29.5. The van der Waals surface area contributed by atoms with Crippen molar-refractivity contribution in [3.05, 3.63) is 78.5 Å². The van der Waals surface area contributed by atoms with E-state index in [1.165, 1.54) is 16.8 Å². The quantitative estimate of drug-likeness (QED) is 0.452. The normalized spacial score (nSPS) is 12.2. The molecule has 1 atom stereocenters. The molecule has 9 heteroatoms. The van der Waals surface area contributed by atoms with Crippen LogP contribution in [-0.2, 0) is 6.54 Å². The smallest absolute Gasteiger partial charge is 0.257 e. The molecular weight excluding hydrogens is 457 g/mol. The van der Waals surface area contributed by atoms with Gasteiger partial charge in [-0.25, -0.2) is 8.78 Å². The first-order chi connectivity index (χ1) is 14.1. The summed E-state index contributed by atoms with van der Waals surface area (Å²) >= 11 is 18.0. The zero-order chi connectivity index (χ0) is 22.2. The first kappa shape index (κ1) is 22.5. The van der Waals surface area contributed by atoms with Crippen LogP contribution in [0.4, 0.5) is 8.78 Å². The van der Waals surface area contributed by atoms with Gasteiger partial charge in [0.05, 0.1) is 10.9 Å². The maximum atomic E-state index is 14.1. The van der Waals surface area contributed by atoms with Crippen LogP contribution >= 0.6 is 34.8 Å². The third-order valence-electron chi connectivity index (χ3n) is 4.92. The fourth-order valence-corrected chi connectivity index (χ4v) is 3.83. The van der Waals surface area contributed by atoms with Crippen LogP contribution in [0.5, 0.6) is 0 Å². The number of rotatable bonds is 5. The SMILES string of the molecule is CCC(C)n1cc(C(=O)NCc2ccc(Cl)cc2Cl)c(=O)c2cc(F)c(F)c(Cl)c21. The van der Waals surface area contributed by atoms with Gasteiger partial charge in [0.25, 0.3) is 5.91 Å². The molecule has 1 unspecified atom stereocenters. The van der Waals surface area contributed by atoms with Crippen LogP contribution in [0, 0.1) is 11.6 Å². The number of carbonyl (C=O) groups is 1. The molecule has 1 amide bonds. The summed E-state index contributed by atoms with van der Waals surface area (Å²) in [6.45, 7) is 3.75. The highest BCUT2D eigenvalue weighted by Gasteiger charge is 2.23. The average Bonchev–Trinajstić information content (AvgIpc) is 2.71. The van der Waals surface area contributed by atoms with E-state index in [9.17, 15) is 18.4 Å². The van der Waals surface area contributed by atoms with Crippen molar-refractivity contribution in [3.63, 3.8) is 0 Å². The van der Waals surface area contributed by atoms with Crippen LogP contribution < -0.4 is 10.7 Å². The number of hydrogen-bond donors (Lipinski definition) is 1. The Bertz CT molecular complexity index is 1210. The van der Waals surface area contributed by atoms with E-state index in [1.807, 2.05) is 13.8 Å². The van der Waals surface area contributed by atoms with Gasteiger partial charge in [0.1, 0.15) is 10.6 Å². The molecule has 0 saturated heterocycles. The average molecular weight is 474 g/mol. The predicted octanol–water partition coefficient (Wildman–Crippen LogP) is 6.14. The van der Waals surface area contributed by atoms with E-state index in [2.05, 4.69) is 5.32 Å². The van der Waals surface area contributed by atoms with Gasteiger partial charge < -0.3 is 9.88 Å². The Labute approximate surface area is 186 Å². The summed E-state index contributed by atoms with van der Waals surface area (Å²) in [5, 5.41) is 2.77. The first-order valence-electron chi connectivity index (χ1n) is 9.10. The lowest BCUT2D eigenvalue weighted by molar-refractivity contribution is 0.0949. The van der Waals surface area contributed by atoms with Gasteiger partial charge in [-0.05, 0) is 37.1 Å². The van der Waals surface area contributed by atoms with Gasteiger partial charge in [-0.1, -0.05) is 47.8 Å². The van der Waals surface area contributed by atoms with Crippen molar-refractivity contribution in [2.75, 3.05) is 0 Å². The number of aromatic nitrogens is 1. The zero-order valence-electron chi connectivity index (χ0n) is 16.0. The van der Waals surface area contributed by atoms with Gasteiger partial charge in [0.2, 0.25) is 5.43 Å². The summed E-state index contributed by atoms with van der Waals surface area (Å²) in [6.07, 6.45) is 1.93. The first-order valence-corrected chi connectivity index (χ1v) is 10.2. The molecule has 1 aromatic heterocycles. The molecule has 0 aliphatic heterocycles. The lowest BCUT2D eigenvalue weighted by Crippen LogP contribution is -2.30. The van der Waals surface area contributed by atoms with Crippen molar-refractivity contribution in [1.82, 2.24) is 9.88 Å². The minimum absolute atomic E-state index is 0.0483. The third kappa shape index (κ3) is 4.17. The maximum absolute atomic E-state index is 14.1. The standard InChI is InChI=1S/C21H17Cl3F2N2O2/c1-3-10(2)28-9-14(20(29)13-7-16(25)18(26)17(24)19(13)28)21(30)27-8-11-4-5-12(22)6-15(11)23/h4-7,9-10H,3,8H2,1-2H3,(H,27,30). The highest BCUT2D eigenvalue weighted by molar-refractivity contribution is 6.35. The van der Waals surface area contributed by atoms with Crippen LogP contribution in [0.1, 0.15) is 42.2 Å². The van der Waals surface area contributed by atoms with Crippen LogP contribution in [-0.4, -0.2) is 10.5 Å². The number of hydrogen-bond acceptors (Lipinski definition) is 2. The number of benzene rings is 2. The largest absolute Gasteiger partial charge is 0.348 e. The van der Waals surface area contributed by atoms with Gasteiger partial charge in [0.15, 0.2) is 11.6 Å². The lowest BCUT2D eigenvalue weighted by Gasteiger charge is -2.20. The molecule has 0 fully saturated rings. The second-order valence-corrected chi connectivity index (χ2v) is 8.06. The number of halogens is 5. The van der Waals surface area contributed by atoms with Gasteiger partial charge in [0, 0.05) is 28.8 Å². The van der Waals surface area contributed by atoms with Crippen molar-refractivity contribution >= 4 is 51.6 Å². The highest BCUT2D eigenvalue weighted by atomic mass is 35.5. The summed E-state index contributed by atoms with van der Waals surface area (Å²) in [7, 11) is 0. The Morgan fingerprint density at radius 2 is 1.90 bits per heavy atom. The van der Waals surface area contributed by atoms with Gasteiger partial charge in [-0.2, -0.15) is 0 Å². The number of pyridine rings is 1. The third-order valence-corrected chi connectivity index (χ3v) is 5.85. The summed E-state index contributed by atoms with van der Waals surface area (Å²) in [5.74, 6) is -3.17. The molecule has 158 valence electrons. The van der Waals surface area contributed by atoms with Gasteiger partial charge in [-0.3, -0.25) is 9.59 Å². The van der Waals surface area contributed by atoms with Crippen molar-refractivity contribution in [2.45, 2.75) is 32.9 Å². The van der Waals surface area contributed by atoms with E-state index in [-0.39, 0.29) is 29.1 Å². The molecule has 2 aromatic carbocycles. The fourth-order valence-electron chi connectivity index (χ4n) is 3.06. The monoisotopic (exact) mass is 472 g/mol. The molecular formula is C21H17Cl3F2N2O2. The molecule has 0 saturated carbocycles. The van der Waals surface area contributed by atoms with Gasteiger partial charge in [-0.15, -0.1) is 0 Å². The lowest BCUT2D eigenvalue weighted by atomic mass is 10.1. The number of fused-ring (bicyclic) bond motifs is 1. The van der Waals surface area contributed by atoms with E-state index in [4.69, 9.17) is 34.8 Å². The number of amides is 1. The Morgan fingerprint density at radius 3 is 2.53 bits per heavy atom. The second kappa shape index (κ2) is 8.92. The molecule has 4 nitrogen and oxygen atoms in total. The van der Waals surface area contributed by atoms with E-state index in [0.717, 1.165) is 6.07 Å². The molecule has 1 N–H and O–H groups in total. The molecule has 0 aliphatic carbocycles. The summed E-state index contributed by atoms with van der Waals surface area (Å²) in [4.78, 5) is 25.7. The number of nitrogens with zero attached hydrogens (tertiary/aromatic N) is 1. The number of nitrogens with one attached hydrogen (secondary N) is 1. The minimum atomic E-state index is -1.26. The van der Waals surface area contributed by atoms with Crippen molar-refractivity contribution in [1.29, 1.82) is 0 Å². The molecule has 30 heavy (non-hydrogen) atoms. The van der Waals surface area contributed by atoms with Crippen molar-refractivity contribution in [3.8, 4) is 0 Å². The van der Waals surface area contributed by atoms with Crippen LogP contribution in [0.25, 0.3) is 10.9 Å². The van der Waals surface area contributed by atoms with Gasteiger partial charge >= 0.3 is 0 Å². The Hall–Kier alpha value is -2.15. The number of carbonyl (C=O) groups excluding carboxylic acids is 1. The Balaban J connectivity index is 2.09.